The molecule has 0 fully saturated rings. The Kier molecular flexibility index (Phi) is 76.7. The molecule has 0 aromatic heterocycles. The number of ether oxygens (including phenoxy) is 2. The van der Waals surface area contributed by atoms with E-state index in [0.717, 1.165) is 199 Å². The maximum Gasteiger partial charge on any atom is 0.306 e. The minimum Gasteiger partial charge on any atom is -0.756 e. The minimum atomic E-state index is -4.68. The van der Waals surface area contributed by atoms with Crippen molar-refractivity contribution in [3.8, 4) is 0 Å². The SMILES string of the molecule is CC/C=C\C/C=C\C/C=C\C/C=C\C/C=C\C/C=C\C/C=C\C/C=C\C/C=C\C/C=C\C/C=C\C/C=C\CCCCCCC(=O)OC(COC(=O)CCCCCCCCC/C=C\C/C=C\C/C=C\C/C=C\C/C=C\C/C=C\C/C=C\C/C=C\C/C=C\C/C=C\C/C=C\CC)COP(=O)([O-])OCC[N+](C)(C)C. The molecule has 0 saturated carbocycles. The van der Waals surface area contributed by atoms with Crippen LogP contribution in [0, 0.1) is 0 Å². The largest absolute Gasteiger partial charge is 0.756 e. The second-order valence-electron chi connectivity index (χ2n) is 27.0. The van der Waals surface area contributed by atoms with E-state index in [4.69, 9.17) is 18.5 Å². The number of phosphoric acid groups is 1. The van der Waals surface area contributed by atoms with E-state index in [-0.39, 0.29) is 26.1 Å². The molecule has 0 saturated heterocycles. The second kappa shape index (κ2) is 82.1. The molecule has 0 rings (SSSR count). The molecule has 0 bridgehead atoms. The number of esters is 2. The van der Waals surface area contributed by atoms with E-state index >= 15 is 0 Å². The van der Waals surface area contributed by atoms with E-state index < -0.39 is 32.5 Å². The van der Waals surface area contributed by atoms with Gasteiger partial charge in [0.15, 0.2) is 6.10 Å². The van der Waals surface area contributed by atoms with E-state index in [1.807, 2.05) is 21.1 Å². The van der Waals surface area contributed by atoms with Crippen LogP contribution in [0.2, 0.25) is 0 Å². The summed E-state index contributed by atoms with van der Waals surface area (Å²) in [6.45, 7) is 3.93. The number of quaternary nitrogens is 1. The normalized spacial score (nSPS) is 14.5. The van der Waals surface area contributed by atoms with Crippen molar-refractivity contribution in [2.45, 2.75) is 264 Å². The summed E-state index contributed by atoms with van der Waals surface area (Å²) in [5, 5.41) is 0. The van der Waals surface area contributed by atoms with E-state index in [9.17, 15) is 19.0 Å². The summed E-state index contributed by atoms with van der Waals surface area (Å²) in [6, 6.07) is 0. The average Bonchev–Trinajstić information content (AvgIpc) is 0.908. The molecule has 106 heavy (non-hydrogen) atoms. The summed E-state index contributed by atoms with van der Waals surface area (Å²) in [7, 11) is 1.10. The Bertz CT molecular complexity index is 2850. The lowest BCUT2D eigenvalue weighted by atomic mass is 10.1. The summed E-state index contributed by atoms with van der Waals surface area (Å²) in [5.41, 5.74) is 0. The number of carbonyl (C=O) groups is 2. The molecule has 9 nitrogen and oxygen atoms in total. The van der Waals surface area contributed by atoms with Crippen LogP contribution < -0.4 is 4.89 Å². The number of phosphoric ester groups is 1. The van der Waals surface area contributed by atoms with Crippen molar-refractivity contribution in [2.24, 2.45) is 0 Å². The van der Waals surface area contributed by atoms with Crippen molar-refractivity contribution in [2.75, 3.05) is 47.5 Å². The lowest BCUT2D eigenvalue weighted by molar-refractivity contribution is -0.870. The predicted octanol–water partition coefficient (Wildman–Crippen LogP) is 27.3. The van der Waals surface area contributed by atoms with Crippen LogP contribution in [-0.4, -0.2) is 70.0 Å². The van der Waals surface area contributed by atoms with Crippen LogP contribution in [0.15, 0.2) is 279 Å². The first-order valence-electron chi connectivity index (χ1n) is 40.7. The number of hydrogen-bond donors (Lipinski definition) is 0. The molecule has 0 spiro atoms. The van der Waals surface area contributed by atoms with Gasteiger partial charge in [-0.15, -0.1) is 0 Å². The van der Waals surface area contributed by atoms with Crippen LogP contribution >= 0.6 is 7.82 Å². The standard InChI is InChI=1S/C96H146NO8P/c1-6-8-10-12-14-16-18-20-22-24-26-28-30-32-34-36-38-40-42-44-46-48-50-52-54-56-58-60-62-64-66-68-70-72-74-76-78-80-82-84-86-88-95(98)102-92-94(93-104-106(100,101)103-91-90-97(3,4)5)105-96(99)89-87-85-83-81-79-77-75-73-71-69-67-65-63-61-59-57-55-53-51-49-47-45-43-41-39-37-35-33-31-29-27-25-23-21-19-17-15-13-11-9-7-2/h8-11,14-17,20-23,26-29,32-35,38-41,44-47,50-53,56-59,62-65,68-71,75,77,94H,6-7,12-13,18-19,24-25,30-31,36-37,42-43,48-49,54-55,60-61,66-67,72-74,76,78-93H2,1-5H3/b10-8-,11-9-,16-14-,17-15-,22-20-,23-21-,28-26-,29-27-,34-32-,35-33-,40-38-,41-39-,46-44-,47-45-,52-50-,53-51-,58-56-,59-57-,64-62-,65-63-,70-68-,71-69-,77-75-. The van der Waals surface area contributed by atoms with Crippen molar-refractivity contribution in [1.29, 1.82) is 0 Å². The zero-order valence-electron chi connectivity index (χ0n) is 67.0. The Morgan fingerprint density at radius 3 is 0.755 bits per heavy atom. The molecule has 0 aliphatic rings. The Labute approximate surface area is 649 Å². The number of nitrogens with zero attached hydrogens (tertiary/aromatic N) is 1. The van der Waals surface area contributed by atoms with E-state index in [0.29, 0.717) is 23.9 Å². The molecule has 0 aromatic rings. The summed E-state index contributed by atoms with van der Waals surface area (Å²) in [6.07, 6.45) is 137. The lowest BCUT2D eigenvalue weighted by Gasteiger charge is -2.28. The van der Waals surface area contributed by atoms with Gasteiger partial charge < -0.3 is 27.9 Å². The third-order valence-electron chi connectivity index (χ3n) is 15.9. The summed E-state index contributed by atoms with van der Waals surface area (Å²) in [4.78, 5) is 38.2. The molecule has 0 radical (unpaired) electrons. The highest BCUT2D eigenvalue weighted by atomic mass is 31.2. The van der Waals surface area contributed by atoms with Gasteiger partial charge in [0.25, 0.3) is 7.82 Å². The fourth-order valence-corrected chi connectivity index (χ4v) is 10.5. The van der Waals surface area contributed by atoms with Crippen LogP contribution in [0.1, 0.15) is 258 Å². The maximum absolute atomic E-state index is 12.9. The molecule has 2 unspecified atom stereocenters. The second-order valence-corrected chi connectivity index (χ2v) is 28.4. The van der Waals surface area contributed by atoms with Crippen molar-refractivity contribution >= 4 is 19.8 Å². The third-order valence-corrected chi connectivity index (χ3v) is 16.9. The van der Waals surface area contributed by atoms with Gasteiger partial charge in [-0.1, -0.05) is 338 Å². The quantitative estimate of drug-likeness (QED) is 0.0195. The smallest absolute Gasteiger partial charge is 0.306 e. The highest BCUT2D eigenvalue weighted by molar-refractivity contribution is 7.45. The summed E-state index contributed by atoms with van der Waals surface area (Å²) < 4.78 is 34.3. The number of carbonyl (C=O) groups excluding carboxylic acids is 2. The van der Waals surface area contributed by atoms with Crippen molar-refractivity contribution in [3.63, 3.8) is 0 Å². The Balaban J connectivity index is 4.20. The first-order chi connectivity index (χ1) is 52.0. The van der Waals surface area contributed by atoms with Crippen LogP contribution in [-0.2, 0) is 32.7 Å². The Hall–Kier alpha value is -6.97. The maximum atomic E-state index is 12.9. The number of unbranched alkanes of at least 4 members (excludes halogenated alkanes) is 11. The van der Waals surface area contributed by atoms with Gasteiger partial charge in [-0.3, -0.25) is 14.2 Å². The van der Waals surface area contributed by atoms with Crippen LogP contribution in [0.4, 0.5) is 0 Å². The van der Waals surface area contributed by atoms with Gasteiger partial charge in [0, 0.05) is 12.8 Å². The van der Waals surface area contributed by atoms with Crippen LogP contribution in [0.3, 0.4) is 0 Å². The third kappa shape index (κ3) is 86.0. The van der Waals surface area contributed by atoms with Gasteiger partial charge in [-0.25, -0.2) is 0 Å². The summed E-state index contributed by atoms with van der Waals surface area (Å²) in [5.74, 6) is -0.897. The molecule has 0 aromatic carbocycles. The van der Waals surface area contributed by atoms with Gasteiger partial charge in [-0.2, -0.15) is 0 Å². The molecule has 10 heteroatoms. The highest BCUT2D eigenvalue weighted by Crippen LogP contribution is 2.38. The monoisotopic (exact) mass is 1470 g/mol. The Morgan fingerprint density at radius 2 is 0.509 bits per heavy atom. The highest BCUT2D eigenvalue weighted by Gasteiger charge is 2.22. The van der Waals surface area contributed by atoms with E-state index in [1.165, 1.54) is 19.3 Å². The molecular weight excluding hydrogens is 1330 g/mol. The summed E-state index contributed by atoms with van der Waals surface area (Å²) >= 11 is 0. The van der Waals surface area contributed by atoms with E-state index in [2.05, 4.69) is 293 Å². The molecule has 588 valence electrons. The zero-order chi connectivity index (χ0) is 76.8. The molecule has 0 N–H and O–H groups in total. The number of likely N-dealkylation sites (N-methyl/N-ethyl adjacent to an activating group) is 1. The van der Waals surface area contributed by atoms with Gasteiger partial charge in [0.1, 0.15) is 19.8 Å². The molecular formula is C96H146NO8P. The van der Waals surface area contributed by atoms with Crippen molar-refractivity contribution in [1.82, 2.24) is 0 Å². The van der Waals surface area contributed by atoms with Crippen molar-refractivity contribution < 1.29 is 42.1 Å². The first kappa shape index (κ1) is 99.0. The molecule has 0 aliphatic carbocycles. The molecule has 2 atom stereocenters. The topological polar surface area (TPSA) is 111 Å². The van der Waals surface area contributed by atoms with Crippen LogP contribution in [0.5, 0.6) is 0 Å². The van der Waals surface area contributed by atoms with Gasteiger partial charge >= 0.3 is 11.9 Å². The molecule has 0 aliphatic heterocycles. The lowest BCUT2D eigenvalue weighted by Crippen LogP contribution is -2.37. The molecule has 0 amide bonds. The number of rotatable bonds is 71. The van der Waals surface area contributed by atoms with E-state index in [1.54, 1.807) is 0 Å². The first-order valence-corrected chi connectivity index (χ1v) is 42.2. The van der Waals surface area contributed by atoms with Crippen LogP contribution in [0.25, 0.3) is 0 Å². The minimum absolute atomic E-state index is 0.0535. The Morgan fingerprint density at radius 1 is 0.292 bits per heavy atom. The zero-order valence-corrected chi connectivity index (χ0v) is 67.9. The number of hydrogen-bond acceptors (Lipinski definition) is 8. The predicted molar refractivity (Wildman–Crippen MR) is 460 cm³/mol. The fourth-order valence-electron chi connectivity index (χ4n) is 9.82. The average molecular weight is 1470 g/mol. The molecule has 0 heterocycles. The fraction of sp³-hybridized carbons (Fsp3) is 0.500. The van der Waals surface area contributed by atoms with Crippen molar-refractivity contribution in [3.05, 3.63) is 279 Å². The van der Waals surface area contributed by atoms with Gasteiger partial charge in [0.2, 0.25) is 0 Å². The van der Waals surface area contributed by atoms with Gasteiger partial charge in [0.05, 0.1) is 27.7 Å². The number of allylic oxidation sites excluding steroid dienone is 46. The van der Waals surface area contributed by atoms with Gasteiger partial charge in [-0.05, 0) is 186 Å².